The first kappa shape index (κ1) is 17.4. The van der Waals surface area contributed by atoms with Gasteiger partial charge in [-0.15, -0.1) is 0 Å². The molecule has 4 rings (SSSR count). The zero-order valence-corrected chi connectivity index (χ0v) is 15.1. The summed E-state index contributed by atoms with van der Waals surface area (Å²) >= 11 is 0. The topological polar surface area (TPSA) is 62.9 Å². The number of hydrogen-bond donors (Lipinski definition) is 1. The first-order chi connectivity index (χ1) is 13.8. The predicted octanol–water partition coefficient (Wildman–Crippen LogP) is 5.34. The van der Waals surface area contributed by atoms with Crippen molar-refractivity contribution in [2.75, 3.05) is 5.32 Å². The van der Waals surface area contributed by atoms with Gasteiger partial charge in [-0.05, 0) is 42.0 Å². The molecule has 0 aliphatic carbocycles. The number of ether oxygens (including phenoxy) is 1. The summed E-state index contributed by atoms with van der Waals surface area (Å²) < 4.78 is 8.02. The normalized spacial score (nSPS) is 10.2. The van der Waals surface area contributed by atoms with Crippen molar-refractivity contribution in [3.05, 3.63) is 103 Å². The Labute approximate surface area is 163 Å². The largest absolute Gasteiger partial charge is 0.456 e. The van der Waals surface area contributed by atoms with Gasteiger partial charge in [-0.3, -0.25) is 0 Å². The third-order valence-corrected chi connectivity index (χ3v) is 4.22. The van der Waals surface area contributed by atoms with Crippen LogP contribution >= 0.6 is 0 Å². The van der Waals surface area contributed by atoms with Crippen LogP contribution in [0.5, 0.6) is 11.5 Å². The van der Waals surface area contributed by atoms with Crippen LogP contribution in [-0.2, 0) is 6.54 Å². The van der Waals surface area contributed by atoms with Crippen LogP contribution in [0.4, 0.5) is 11.4 Å². The fraction of sp³-hybridized carbons (Fsp3) is 0.0435. The molecule has 5 heteroatoms. The summed E-state index contributed by atoms with van der Waals surface area (Å²) in [5.41, 5.74) is 3.44. The molecule has 0 saturated carbocycles. The first-order valence-corrected chi connectivity index (χ1v) is 8.89. The van der Waals surface area contributed by atoms with Gasteiger partial charge in [0.05, 0.1) is 11.9 Å². The Kier molecular flexibility index (Phi) is 5.03. The van der Waals surface area contributed by atoms with E-state index in [1.807, 2.05) is 77.5 Å². The molecule has 136 valence electrons. The van der Waals surface area contributed by atoms with Crippen molar-refractivity contribution < 1.29 is 4.74 Å². The lowest BCUT2D eigenvalue weighted by Crippen LogP contribution is -1.98. The van der Waals surface area contributed by atoms with Gasteiger partial charge < -0.3 is 14.6 Å². The van der Waals surface area contributed by atoms with E-state index in [2.05, 4.69) is 16.4 Å². The maximum absolute atomic E-state index is 9.44. The summed E-state index contributed by atoms with van der Waals surface area (Å²) in [6, 6.07) is 25.4. The van der Waals surface area contributed by atoms with E-state index in [0.717, 1.165) is 16.9 Å². The van der Waals surface area contributed by atoms with Gasteiger partial charge in [-0.1, -0.05) is 30.3 Å². The molecule has 0 amide bonds. The van der Waals surface area contributed by atoms with Crippen molar-refractivity contribution in [3.63, 3.8) is 0 Å². The van der Waals surface area contributed by atoms with Crippen molar-refractivity contribution >= 4 is 11.4 Å². The number of benzene rings is 3. The number of nitrogens with one attached hydrogen (secondary N) is 1. The summed E-state index contributed by atoms with van der Waals surface area (Å²) in [4.78, 5) is 4.06. The van der Waals surface area contributed by atoms with Crippen molar-refractivity contribution in [3.8, 4) is 17.6 Å². The van der Waals surface area contributed by atoms with Crippen LogP contribution in [0.1, 0.15) is 11.1 Å². The molecule has 28 heavy (non-hydrogen) atoms. The average molecular weight is 366 g/mol. The van der Waals surface area contributed by atoms with Crippen LogP contribution in [0.15, 0.2) is 91.5 Å². The van der Waals surface area contributed by atoms with Crippen molar-refractivity contribution in [2.24, 2.45) is 0 Å². The van der Waals surface area contributed by atoms with Crippen molar-refractivity contribution in [2.45, 2.75) is 6.54 Å². The molecule has 0 aliphatic heterocycles. The number of para-hydroxylation sites is 1. The highest BCUT2D eigenvalue weighted by Gasteiger charge is 2.08. The predicted molar refractivity (Wildman–Crippen MR) is 109 cm³/mol. The Morgan fingerprint density at radius 2 is 1.82 bits per heavy atom. The molecule has 0 bridgehead atoms. The SMILES string of the molecule is N#Cc1ccc(Cn2ccnc2)cc1Oc1cccc(Nc2ccccc2)c1. The molecule has 1 aromatic heterocycles. The molecule has 0 unspecified atom stereocenters. The molecule has 0 atom stereocenters. The van der Waals surface area contributed by atoms with Gasteiger partial charge in [-0.2, -0.15) is 5.26 Å². The fourth-order valence-electron chi connectivity index (χ4n) is 2.89. The molecule has 0 saturated heterocycles. The molecular weight excluding hydrogens is 348 g/mol. The van der Waals surface area contributed by atoms with E-state index >= 15 is 0 Å². The van der Waals surface area contributed by atoms with Gasteiger partial charge >= 0.3 is 0 Å². The van der Waals surface area contributed by atoms with Crippen molar-refractivity contribution in [1.82, 2.24) is 9.55 Å². The van der Waals surface area contributed by atoms with Gasteiger partial charge in [0.1, 0.15) is 17.6 Å². The van der Waals surface area contributed by atoms with E-state index in [1.54, 1.807) is 18.6 Å². The quantitative estimate of drug-likeness (QED) is 0.500. The molecule has 1 N–H and O–H groups in total. The maximum Gasteiger partial charge on any atom is 0.145 e. The summed E-state index contributed by atoms with van der Waals surface area (Å²) in [5.74, 6) is 1.20. The van der Waals surface area contributed by atoms with E-state index in [-0.39, 0.29) is 0 Å². The minimum atomic E-state index is 0.496. The first-order valence-electron chi connectivity index (χ1n) is 8.89. The van der Waals surface area contributed by atoms with E-state index in [1.165, 1.54) is 0 Å². The van der Waals surface area contributed by atoms with Crippen LogP contribution in [0, 0.1) is 11.3 Å². The molecule has 3 aromatic carbocycles. The zero-order valence-electron chi connectivity index (χ0n) is 15.1. The van der Waals surface area contributed by atoms with Crippen LogP contribution in [0.2, 0.25) is 0 Å². The van der Waals surface area contributed by atoms with Crippen LogP contribution in [0.3, 0.4) is 0 Å². The number of nitrogens with zero attached hydrogens (tertiary/aromatic N) is 3. The van der Waals surface area contributed by atoms with Gasteiger partial charge in [0.25, 0.3) is 0 Å². The maximum atomic E-state index is 9.44. The van der Waals surface area contributed by atoms with Gasteiger partial charge in [0.15, 0.2) is 0 Å². The molecule has 4 aromatic rings. The fourth-order valence-corrected chi connectivity index (χ4v) is 2.89. The van der Waals surface area contributed by atoms with E-state index in [4.69, 9.17) is 4.74 Å². The number of rotatable bonds is 6. The van der Waals surface area contributed by atoms with Gasteiger partial charge in [0, 0.05) is 36.4 Å². The highest BCUT2D eigenvalue weighted by Crippen LogP contribution is 2.29. The molecule has 1 heterocycles. The Morgan fingerprint density at radius 1 is 0.964 bits per heavy atom. The van der Waals surface area contributed by atoms with Gasteiger partial charge in [-0.25, -0.2) is 4.98 Å². The van der Waals surface area contributed by atoms with E-state index in [9.17, 15) is 5.26 Å². The standard InChI is InChI=1S/C23H18N4O/c24-15-19-10-9-18(16-27-12-11-25-17-27)13-23(19)28-22-8-4-7-21(14-22)26-20-5-2-1-3-6-20/h1-14,17,26H,16H2. The van der Waals surface area contributed by atoms with E-state index in [0.29, 0.717) is 23.6 Å². The second kappa shape index (κ2) is 8.11. The second-order valence-corrected chi connectivity index (χ2v) is 6.30. The Hall–Kier alpha value is -4.04. The molecule has 0 spiro atoms. The summed E-state index contributed by atoms with van der Waals surface area (Å²) in [7, 11) is 0. The van der Waals surface area contributed by atoms with Crippen LogP contribution < -0.4 is 10.1 Å². The minimum Gasteiger partial charge on any atom is -0.456 e. The lowest BCUT2D eigenvalue weighted by Gasteiger charge is -2.12. The zero-order chi connectivity index (χ0) is 19.2. The summed E-state index contributed by atoms with van der Waals surface area (Å²) in [6.07, 6.45) is 5.40. The highest BCUT2D eigenvalue weighted by molar-refractivity contribution is 5.61. The Morgan fingerprint density at radius 3 is 2.61 bits per heavy atom. The lowest BCUT2D eigenvalue weighted by molar-refractivity contribution is 0.480. The second-order valence-electron chi connectivity index (χ2n) is 6.30. The molecule has 0 radical (unpaired) electrons. The lowest BCUT2D eigenvalue weighted by atomic mass is 10.1. The summed E-state index contributed by atoms with van der Waals surface area (Å²) in [5, 5.41) is 12.8. The van der Waals surface area contributed by atoms with Gasteiger partial charge in [0.2, 0.25) is 0 Å². The number of aromatic nitrogens is 2. The molecule has 0 fully saturated rings. The smallest absolute Gasteiger partial charge is 0.145 e. The number of anilines is 2. The summed E-state index contributed by atoms with van der Waals surface area (Å²) in [6.45, 7) is 0.664. The third-order valence-electron chi connectivity index (χ3n) is 4.22. The van der Waals surface area contributed by atoms with Crippen LogP contribution in [0.25, 0.3) is 0 Å². The van der Waals surface area contributed by atoms with Crippen molar-refractivity contribution in [1.29, 1.82) is 5.26 Å². The Bertz CT molecular complexity index is 1100. The third kappa shape index (κ3) is 4.19. The number of nitriles is 1. The molecule has 5 nitrogen and oxygen atoms in total. The number of hydrogen-bond acceptors (Lipinski definition) is 4. The van der Waals surface area contributed by atoms with Crippen LogP contribution in [-0.4, -0.2) is 9.55 Å². The molecule has 0 aliphatic rings. The van der Waals surface area contributed by atoms with E-state index < -0.39 is 0 Å². The monoisotopic (exact) mass is 366 g/mol. The Balaban J connectivity index is 1.56. The number of imidazole rings is 1. The molecular formula is C23H18N4O. The highest BCUT2D eigenvalue weighted by atomic mass is 16.5. The minimum absolute atomic E-state index is 0.496. The average Bonchev–Trinajstić information content (AvgIpc) is 3.22.